The molecular weight excluding hydrogens is 239 g/mol. The van der Waals surface area contributed by atoms with E-state index in [2.05, 4.69) is 6.07 Å². The standard InChI is InChI=1S/C14H13O2S.Li/c1-11-3-7-13(8-4-11)17(15,16)14-9-5-12(2)6-10-14;/h3-9H,1-2H3;/q-1;+1. The third kappa shape index (κ3) is 3.05. The molecule has 0 saturated heterocycles. The molecule has 2 aromatic rings. The predicted molar refractivity (Wildman–Crippen MR) is 66.6 cm³/mol. The topological polar surface area (TPSA) is 34.1 Å². The van der Waals surface area contributed by atoms with Crippen LogP contribution in [-0.4, -0.2) is 8.42 Å². The second-order valence-corrected chi connectivity index (χ2v) is 5.96. The fourth-order valence-electron chi connectivity index (χ4n) is 1.50. The van der Waals surface area contributed by atoms with E-state index in [1.807, 2.05) is 13.8 Å². The van der Waals surface area contributed by atoms with Crippen LogP contribution in [0.5, 0.6) is 0 Å². The van der Waals surface area contributed by atoms with Crippen LogP contribution in [0.3, 0.4) is 0 Å². The molecule has 0 amide bonds. The van der Waals surface area contributed by atoms with Crippen LogP contribution in [0.2, 0.25) is 0 Å². The van der Waals surface area contributed by atoms with Crippen molar-refractivity contribution in [2.45, 2.75) is 23.6 Å². The molecule has 0 spiro atoms. The van der Waals surface area contributed by atoms with Gasteiger partial charge >= 0.3 is 18.9 Å². The van der Waals surface area contributed by atoms with Crippen molar-refractivity contribution in [2.24, 2.45) is 0 Å². The molecule has 88 valence electrons. The summed E-state index contributed by atoms with van der Waals surface area (Å²) in [6, 6.07) is 14.7. The van der Waals surface area contributed by atoms with Crippen molar-refractivity contribution in [1.82, 2.24) is 0 Å². The van der Waals surface area contributed by atoms with Gasteiger partial charge in [-0.05, 0) is 24.0 Å². The third-order valence-electron chi connectivity index (χ3n) is 2.56. The first-order chi connectivity index (χ1) is 8.00. The molecule has 0 radical (unpaired) electrons. The van der Waals surface area contributed by atoms with Crippen LogP contribution >= 0.6 is 0 Å². The summed E-state index contributed by atoms with van der Waals surface area (Å²) >= 11 is 0. The normalized spacial score (nSPS) is 10.8. The average Bonchev–Trinajstić information content (AvgIpc) is 2.30. The maximum absolute atomic E-state index is 12.2. The zero-order chi connectivity index (χ0) is 12.5. The van der Waals surface area contributed by atoms with Gasteiger partial charge in [-0.15, -0.1) is 0 Å². The minimum absolute atomic E-state index is 0. The number of benzene rings is 2. The summed E-state index contributed by atoms with van der Waals surface area (Å²) in [4.78, 5) is 0.523. The van der Waals surface area contributed by atoms with Crippen LogP contribution in [0.4, 0.5) is 0 Å². The summed E-state index contributed by atoms with van der Waals surface area (Å²) in [5, 5.41) is 0. The van der Waals surface area contributed by atoms with Crippen molar-refractivity contribution in [3.8, 4) is 0 Å². The summed E-state index contributed by atoms with van der Waals surface area (Å²) in [6.07, 6.45) is 0. The van der Waals surface area contributed by atoms with E-state index >= 15 is 0 Å². The Balaban J connectivity index is 0.00000162. The van der Waals surface area contributed by atoms with Gasteiger partial charge in [-0.2, -0.15) is 29.8 Å². The van der Waals surface area contributed by atoms with Crippen LogP contribution in [0.25, 0.3) is 0 Å². The van der Waals surface area contributed by atoms with Crippen molar-refractivity contribution < 1.29 is 27.3 Å². The van der Waals surface area contributed by atoms with Crippen LogP contribution in [0, 0.1) is 19.9 Å². The molecule has 2 nitrogen and oxygen atoms in total. The van der Waals surface area contributed by atoms with Gasteiger partial charge in [0.1, 0.15) is 0 Å². The summed E-state index contributed by atoms with van der Waals surface area (Å²) < 4.78 is 24.5. The van der Waals surface area contributed by atoms with Crippen molar-refractivity contribution in [1.29, 1.82) is 0 Å². The Morgan fingerprint density at radius 1 is 0.889 bits per heavy atom. The van der Waals surface area contributed by atoms with Gasteiger partial charge in [-0.25, -0.2) is 8.42 Å². The van der Waals surface area contributed by atoms with Gasteiger partial charge in [0.2, 0.25) is 0 Å². The second-order valence-electron chi connectivity index (χ2n) is 4.05. The Morgan fingerprint density at radius 2 is 1.44 bits per heavy atom. The molecular formula is C14H13LiO2S. The Morgan fingerprint density at radius 3 is 1.94 bits per heavy atom. The maximum atomic E-state index is 12.2. The molecule has 0 aliphatic carbocycles. The summed E-state index contributed by atoms with van der Waals surface area (Å²) in [5.41, 5.74) is 2.03. The maximum Gasteiger partial charge on any atom is 1.00 e. The quantitative estimate of drug-likeness (QED) is 0.554. The molecule has 0 N–H and O–H groups in total. The number of hydrogen-bond acceptors (Lipinski definition) is 2. The van der Waals surface area contributed by atoms with E-state index in [1.165, 1.54) is 0 Å². The Hall–Kier alpha value is -1.01. The Labute approximate surface area is 120 Å². The monoisotopic (exact) mass is 252 g/mol. The average molecular weight is 252 g/mol. The van der Waals surface area contributed by atoms with Gasteiger partial charge in [0.05, 0.1) is 4.90 Å². The molecule has 0 bridgehead atoms. The van der Waals surface area contributed by atoms with Gasteiger partial charge in [0, 0.05) is 0 Å². The zero-order valence-corrected chi connectivity index (χ0v) is 11.6. The number of aryl methyl sites for hydroxylation is 2. The molecule has 2 aromatic carbocycles. The first-order valence-corrected chi connectivity index (χ1v) is 6.78. The Kier molecular flexibility index (Phi) is 4.81. The van der Waals surface area contributed by atoms with Gasteiger partial charge in [-0.1, -0.05) is 24.6 Å². The first kappa shape index (κ1) is 15.0. The van der Waals surface area contributed by atoms with Crippen LogP contribution in [0.15, 0.2) is 52.3 Å². The molecule has 0 heterocycles. The molecule has 0 aliphatic heterocycles. The minimum Gasteiger partial charge on any atom is -0.221 e. The Bertz CT molecular complexity index is 562. The fraction of sp³-hybridized carbons (Fsp3) is 0.143. The van der Waals surface area contributed by atoms with E-state index in [0.717, 1.165) is 11.1 Å². The summed E-state index contributed by atoms with van der Waals surface area (Å²) in [5.74, 6) is 0. The van der Waals surface area contributed by atoms with Crippen molar-refractivity contribution >= 4 is 9.84 Å². The molecule has 0 unspecified atom stereocenters. The van der Waals surface area contributed by atoms with Gasteiger partial charge in [-0.3, -0.25) is 0 Å². The van der Waals surface area contributed by atoms with E-state index < -0.39 is 9.84 Å². The zero-order valence-electron chi connectivity index (χ0n) is 10.8. The van der Waals surface area contributed by atoms with Gasteiger partial charge in [0.25, 0.3) is 0 Å². The molecule has 0 aliphatic rings. The molecule has 0 fully saturated rings. The van der Waals surface area contributed by atoms with Crippen LogP contribution in [-0.2, 0) is 9.84 Å². The van der Waals surface area contributed by atoms with Crippen LogP contribution in [0.1, 0.15) is 11.1 Å². The predicted octanol–water partition coefficient (Wildman–Crippen LogP) is -0.0596. The number of rotatable bonds is 2. The van der Waals surface area contributed by atoms with E-state index in [9.17, 15) is 8.42 Å². The third-order valence-corrected chi connectivity index (χ3v) is 4.29. The minimum atomic E-state index is -3.43. The van der Waals surface area contributed by atoms with Crippen molar-refractivity contribution in [3.05, 3.63) is 59.7 Å². The summed E-state index contributed by atoms with van der Waals surface area (Å²) in [6.45, 7) is 3.83. The molecule has 0 atom stereocenters. The van der Waals surface area contributed by atoms with Crippen molar-refractivity contribution in [3.63, 3.8) is 0 Å². The van der Waals surface area contributed by atoms with Crippen LogP contribution < -0.4 is 18.9 Å². The van der Waals surface area contributed by atoms with E-state index in [4.69, 9.17) is 0 Å². The largest absolute Gasteiger partial charge is 1.00 e. The van der Waals surface area contributed by atoms with Gasteiger partial charge < -0.3 is 0 Å². The molecule has 4 heteroatoms. The first-order valence-electron chi connectivity index (χ1n) is 5.30. The summed E-state index contributed by atoms with van der Waals surface area (Å²) in [7, 11) is -3.43. The molecule has 0 aromatic heterocycles. The SMILES string of the molecule is Cc1c[c-]c(S(=O)(=O)c2ccc(C)cc2)cc1.[Li+]. The van der Waals surface area contributed by atoms with Gasteiger partial charge in [0.15, 0.2) is 9.84 Å². The number of sulfone groups is 1. The molecule has 0 saturated carbocycles. The molecule has 2 rings (SSSR count). The van der Waals surface area contributed by atoms with E-state index in [-0.39, 0.29) is 23.8 Å². The van der Waals surface area contributed by atoms with E-state index in [0.29, 0.717) is 4.90 Å². The molecule has 18 heavy (non-hydrogen) atoms. The fourth-order valence-corrected chi connectivity index (χ4v) is 2.71. The smallest absolute Gasteiger partial charge is 0.221 e. The number of hydrogen-bond donors (Lipinski definition) is 0. The van der Waals surface area contributed by atoms with E-state index in [1.54, 1.807) is 42.5 Å². The second kappa shape index (κ2) is 5.75. The van der Waals surface area contributed by atoms with Crippen molar-refractivity contribution in [2.75, 3.05) is 0 Å².